The normalized spacial score (nSPS) is 12.6. The van der Waals surface area contributed by atoms with Gasteiger partial charge in [0, 0.05) is 20.1 Å². The van der Waals surface area contributed by atoms with E-state index in [2.05, 4.69) is 15.6 Å². The van der Waals surface area contributed by atoms with Crippen LogP contribution in [0.4, 0.5) is 0 Å². The highest BCUT2D eigenvalue weighted by Crippen LogP contribution is 2.32. The summed E-state index contributed by atoms with van der Waals surface area (Å²) in [5, 5.41) is 6.57. The molecule has 2 N–H and O–H groups in total. The number of hydrogen-bond acceptors (Lipinski definition) is 5. The lowest BCUT2D eigenvalue weighted by atomic mass is 10.2. The summed E-state index contributed by atoms with van der Waals surface area (Å²) in [5.41, 5.74) is 1.10. The monoisotopic (exact) mass is 371 g/mol. The molecular formula is C20H25N3O4. The van der Waals surface area contributed by atoms with E-state index >= 15 is 0 Å². The first-order valence-corrected chi connectivity index (χ1v) is 8.88. The standard InChI is InChI=1S/C20H25N3O4/c1-21-20(23-13-15-4-9-18-19(12-15)27-14-26-18)22-10-3-11-25-17-7-5-16(24-2)6-8-17/h4-9,12H,3,10-11,13-14H2,1-2H3,(H2,21,22,23). The Labute approximate surface area is 159 Å². The third-order valence-electron chi connectivity index (χ3n) is 4.06. The van der Waals surface area contributed by atoms with E-state index in [1.54, 1.807) is 14.2 Å². The van der Waals surface area contributed by atoms with E-state index in [1.807, 2.05) is 42.5 Å². The maximum Gasteiger partial charge on any atom is 0.231 e. The number of rotatable bonds is 8. The average molecular weight is 371 g/mol. The summed E-state index contributed by atoms with van der Waals surface area (Å²) >= 11 is 0. The van der Waals surface area contributed by atoms with Crippen LogP contribution < -0.4 is 29.6 Å². The number of benzene rings is 2. The number of hydrogen-bond donors (Lipinski definition) is 2. The van der Waals surface area contributed by atoms with Crippen LogP contribution in [0.1, 0.15) is 12.0 Å². The second-order valence-corrected chi connectivity index (χ2v) is 5.92. The third-order valence-corrected chi connectivity index (χ3v) is 4.06. The zero-order chi connectivity index (χ0) is 18.9. The first-order chi connectivity index (χ1) is 13.3. The first kappa shape index (κ1) is 18.7. The summed E-state index contributed by atoms with van der Waals surface area (Å²) in [7, 11) is 3.40. The molecule has 0 aromatic heterocycles. The van der Waals surface area contributed by atoms with Crippen LogP contribution in [0.2, 0.25) is 0 Å². The van der Waals surface area contributed by atoms with Crippen LogP contribution in [-0.2, 0) is 6.54 Å². The lowest BCUT2D eigenvalue weighted by molar-refractivity contribution is 0.174. The Morgan fingerprint density at radius 2 is 1.81 bits per heavy atom. The second-order valence-electron chi connectivity index (χ2n) is 5.92. The van der Waals surface area contributed by atoms with Crippen molar-refractivity contribution in [3.8, 4) is 23.0 Å². The summed E-state index contributed by atoms with van der Waals surface area (Å²) < 4.78 is 21.6. The van der Waals surface area contributed by atoms with Gasteiger partial charge in [0.25, 0.3) is 0 Å². The molecular weight excluding hydrogens is 346 g/mol. The van der Waals surface area contributed by atoms with Crippen molar-refractivity contribution < 1.29 is 18.9 Å². The Morgan fingerprint density at radius 1 is 1.04 bits per heavy atom. The molecule has 0 aliphatic carbocycles. The van der Waals surface area contributed by atoms with Gasteiger partial charge in [0.05, 0.1) is 13.7 Å². The Morgan fingerprint density at radius 3 is 2.59 bits per heavy atom. The number of nitrogens with one attached hydrogen (secondary N) is 2. The highest BCUT2D eigenvalue weighted by molar-refractivity contribution is 5.79. The molecule has 0 radical (unpaired) electrons. The number of ether oxygens (including phenoxy) is 4. The van der Waals surface area contributed by atoms with Crippen LogP contribution in [0.25, 0.3) is 0 Å². The van der Waals surface area contributed by atoms with E-state index in [1.165, 1.54) is 0 Å². The molecule has 27 heavy (non-hydrogen) atoms. The molecule has 0 atom stereocenters. The number of methoxy groups -OCH3 is 1. The van der Waals surface area contributed by atoms with Crippen molar-refractivity contribution in [3.05, 3.63) is 48.0 Å². The van der Waals surface area contributed by atoms with Crippen molar-refractivity contribution in [2.45, 2.75) is 13.0 Å². The van der Waals surface area contributed by atoms with Gasteiger partial charge in [-0.2, -0.15) is 0 Å². The summed E-state index contributed by atoms with van der Waals surface area (Å²) in [6, 6.07) is 13.5. The van der Waals surface area contributed by atoms with Crippen LogP contribution in [0, 0.1) is 0 Å². The van der Waals surface area contributed by atoms with Crippen LogP contribution in [-0.4, -0.2) is 40.1 Å². The van der Waals surface area contributed by atoms with Gasteiger partial charge in [-0.15, -0.1) is 0 Å². The molecule has 1 aliphatic heterocycles. The van der Waals surface area contributed by atoms with Gasteiger partial charge < -0.3 is 29.6 Å². The minimum atomic E-state index is 0.286. The molecule has 0 saturated carbocycles. The zero-order valence-corrected chi connectivity index (χ0v) is 15.7. The van der Waals surface area contributed by atoms with E-state index in [-0.39, 0.29) is 6.79 Å². The summed E-state index contributed by atoms with van der Waals surface area (Å²) in [5.74, 6) is 3.98. The lowest BCUT2D eigenvalue weighted by Crippen LogP contribution is -2.37. The number of fused-ring (bicyclic) bond motifs is 1. The third kappa shape index (κ3) is 5.44. The van der Waals surface area contributed by atoms with Crippen molar-refractivity contribution in [3.63, 3.8) is 0 Å². The Bertz CT molecular complexity index is 762. The molecule has 144 valence electrons. The fraction of sp³-hybridized carbons (Fsp3) is 0.350. The predicted molar refractivity (Wildman–Crippen MR) is 104 cm³/mol. The largest absolute Gasteiger partial charge is 0.497 e. The average Bonchev–Trinajstić information content (AvgIpc) is 3.18. The summed E-state index contributed by atoms with van der Waals surface area (Å²) in [6.07, 6.45) is 0.858. The first-order valence-electron chi connectivity index (χ1n) is 8.88. The van der Waals surface area contributed by atoms with Gasteiger partial charge in [0.15, 0.2) is 17.5 Å². The van der Waals surface area contributed by atoms with E-state index in [0.717, 1.165) is 47.5 Å². The maximum atomic E-state index is 5.71. The van der Waals surface area contributed by atoms with Crippen LogP contribution in [0.15, 0.2) is 47.5 Å². The molecule has 7 nitrogen and oxygen atoms in total. The van der Waals surface area contributed by atoms with Crippen LogP contribution in [0.3, 0.4) is 0 Å². The fourth-order valence-corrected chi connectivity index (χ4v) is 2.60. The number of guanidine groups is 1. The van der Waals surface area contributed by atoms with Gasteiger partial charge in [-0.25, -0.2) is 0 Å². The van der Waals surface area contributed by atoms with Gasteiger partial charge in [0.2, 0.25) is 6.79 Å². The molecule has 0 fully saturated rings. The fourth-order valence-electron chi connectivity index (χ4n) is 2.60. The number of nitrogens with zero attached hydrogens (tertiary/aromatic N) is 1. The van der Waals surface area contributed by atoms with Crippen molar-refractivity contribution in [1.82, 2.24) is 10.6 Å². The van der Waals surface area contributed by atoms with E-state index in [9.17, 15) is 0 Å². The summed E-state index contributed by atoms with van der Waals surface area (Å²) in [4.78, 5) is 4.23. The van der Waals surface area contributed by atoms with E-state index in [4.69, 9.17) is 18.9 Å². The lowest BCUT2D eigenvalue weighted by Gasteiger charge is -2.12. The van der Waals surface area contributed by atoms with Crippen LogP contribution in [0.5, 0.6) is 23.0 Å². The zero-order valence-electron chi connectivity index (χ0n) is 15.7. The topological polar surface area (TPSA) is 73.3 Å². The van der Waals surface area contributed by atoms with Gasteiger partial charge in [-0.1, -0.05) is 6.07 Å². The van der Waals surface area contributed by atoms with Crippen molar-refractivity contribution in [2.24, 2.45) is 4.99 Å². The van der Waals surface area contributed by atoms with Gasteiger partial charge >= 0.3 is 0 Å². The molecule has 0 saturated heterocycles. The van der Waals surface area contributed by atoms with E-state index < -0.39 is 0 Å². The second kappa shape index (κ2) is 9.56. The molecule has 2 aromatic carbocycles. The predicted octanol–water partition coefficient (Wildman–Crippen LogP) is 2.56. The molecule has 0 unspecified atom stereocenters. The van der Waals surface area contributed by atoms with Crippen molar-refractivity contribution >= 4 is 5.96 Å². The van der Waals surface area contributed by atoms with Crippen molar-refractivity contribution in [1.29, 1.82) is 0 Å². The molecule has 3 rings (SSSR count). The van der Waals surface area contributed by atoms with Gasteiger partial charge in [0.1, 0.15) is 11.5 Å². The van der Waals surface area contributed by atoms with Gasteiger partial charge in [-0.05, 0) is 48.4 Å². The quantitative estimate of drug-likeness (QED) is 0.422. The molecule has 0 amide bonds. The molecule has 0 spiro atoms. The Kier molecular flexibility index (Phi) is 6.62. The highest BCUT2D eigenvalue weighted by Gasteiger charge is 2.13. The van der Waals surface area contributed by atoms with Crippen molar-refractivity contribution in [2.75, 3.05) is 34.1 Å². The number of aliphatic imine (C=N–C) groups is 1. The minimum Gasteiger partial charge on any atom is -0.497 e. The van der Waals surface area contributed by atoms with E-state index in [0.29, 0.717) is 13.2 Å². The smallest absolute Gasteiger partial charge is 0.231 e. The highest BCUT2D eigenvalue weighted by atomic mass is 16.7. The molecule has 0 bridgehead atoms. The summed E-state index contributed by atoms with van der Waals surface area (Å²) in [6.45, 7) is 2.32. The molecule has 1 aliphatic rings. The molecule has 7 heteroatoms. The molecule has 1 heterocycles. The minimum absolute atomic E-state index is 0.286. The maximum absolute atomic E-state index is 5.71. The van der Waals surface area contributed by atoms with Crippen LogP contribution >= 0.6 is 0 Å². The Hall–Kier alpha value is -3.09. The molecule has 2 aromatic rings. The Balaban J connectivity index is 1.34. The van der Waals surface area contributed by atoms with Gasteiger partial charge in [-0.3, -0.25) is 4.99 Å². The SMILES string of the molecule is CN=C(NCCCOc1ccc(OC)cc1)NCc1ccc2c(c1)OCO2.